The lowest BCUT2D eigenvalue weighted by Crippen LogP contribution is -2.37. The fraction of sp³-hybridized carbons (Fsp3) is 0.938. The van der Waals surface area contributed by atoms with Crippen LogP contribution in [0.1, 0.15) is 48.0 Å². The minimum Gasteiger partial charge on any atom is -0.378 e. The molecule has 0 aromatic heterocycles. The van der Waals surface area contributed by atoms with Gasteiger partial charge in [-0.25, -0.2) is 4.39 Å². The van der Waals surface area contributed by atoms with Crippen molar-refractivity contribution >= 4 is 5.91 Å². The van der Waals surface area contributed by atoms with Crippen LogP contribution in [0.25, 0.3) is 0 Å². The molecule has 0 spiro atoms. The Morgan fingerprint density at radius 3 is 2.36 bits per heavy atom. The number of halogens is 1. The van der Waals surface area contributed by atoms with Crippen molar-refractivity contribution in [3.8, 4) is 0 Å². The molecule has 0 rings (SSSR count). The Kier molecular flexibility index (Phi) is 9.80. The number of amides is 1. The Bertz CT molecular complexity index is 311. The Morgan fingerprint density at radius 1 is 1.18 bits per heavy atom. The van der Waals surface area contributed by atoms with Gasteiger partial charge >= 0.3 is 0 Å². The van der Waals surface area contributed by atoms with Crippen LogP contribution in [0.4, 0.5) is 4.39 Å². The first kappa shape index (κ1) is 21.3. The maximum Gasteiger partial charge on any atom is 0.246 e. The monoisotopic (exact) mass is 320 g/mol. The van der Waals surface area contributed by atoms with Crippen LogP contribution in [0.3, 0.4) is 0 Å². The number of carbonyl (C=O) groups excluding carboxylic acids is 1. The molecule has 0 saturated heterocycles. The van der Waals surface area contributed by atoms with E-state index in [0.29, 0.717) is 6.61 Å². The van der Waals surface area contributed by atoms with Gasteiger partial charge in [-0.1, -0.05) is 0 Å². The number of alkyl halides is 1. The lowest BCUT2D eigenvalue weighted by molar-refractivity contribution is -0.130. The zero-order valence-corrected chi connectivity index (χ0v) is 14.9. The van der Waals surface area contributed by atoms with E-state index in [2.05, 4.69) is 31.4 Å². The molecular weight excluding hydrogens is 287 g/mol. The summed E-state index contributed by atoms with van der Waals surface area (Å²) in [4.78, 5) is 11.5. The number of rotatable bonds is 10. The first-order valence-electron chi connectivity index (χ1n) is 7.87. The predicted molar refractivity (Wildman–Crippen MR) is 86.8 cm³/mol. The van der Waals surface area contributed by atoms with Crippen LogP contribution < -0.4 is 10.6 Å². The zero-order chi connectivity index (χ0) is 17.2. The van der Waals surface area contributed by atoms with Crippen LogP contribution in [0, 0.1) is 0 Å². The molecule has 0 aliphatic carbocycles. The molecule has 0 aromatic rings. The van der Waals surface area contributed by atoms with Gasteiger partial charge in [-0.2, -0.15) is 0 Å². The highest BCUT2D eigenvalue weighted by Gasteiger charge is 2.14. The second-order valence-electron chi connectivity index (χ2n) is 7.41. The summed E-state index contributed by atoms with van der Waals surface area (Å²) in [7, 11) is 0. The minimum absolute atomic E-state index is 0.00404. The Morgan fingerprint density at radius 2 is 1.82 bits per heavy atom. The Labute approximate surface area is 134 Å². The van der Waals surface area contributed by atoms with Gasteiger partial charge in [0.05, 0.1) is 18.8 Å². The molecule has 0 fully saturated rings. The van der Waals surface area contributed by atoms with Gasteiger partial charge < -0.3 is 20.1 Å². The molecule has 6 heteroatoms. The van der Waals surface area contributed by atoms with Crippen LogP contribution in [0.5, 0.6) is 0 Å². The van der Waals surface area contributed by atoms with E-state index in [1.807, 2.05) is 20.8 Å². The topological polar surface area (TPSA) is 59.6 Å². The molecule has 2 N–H and O–H groups in total. The van der Waals surface area contributed by atoms with E-state index in [-0.39, 0.29) is 36.8 Å². The van der Waals surface area contributed by atoms with E-state index in [4.69, 9.17) is 9.47 Å². The lowest BCUT2D eigenvalue weighted by atomic mass is 10.1. The fourth-order valence-electron chi connectivity index (χ4n) is 1.47. The van der Waals surface area contributed by atoms with Crippen molar-refractivity contribution < 1.29 is 18.7 Å². The molecule has 0 aliphatic heterocycles. The van der Waals surface area contributed by atoms with Crippen LogP contribution in [-0.2, 0) is 14.3 Å². The third-order valence-electron chi connectivity index (χ3n) is 2.58. The number of hydrogen-bond donors (Lipinski definition) is 2. The molecule has 1 atom stereocenters. The molecule has 0 saturated carbocycles. The van der Waals surface area contributed by atoms with Crippen molar-refractivity contribution in [1.29, 1.82) is 0 Å². The van der Waals surface area contributed by atoms with Crippen molar-refractivity contribution in [2.45, 2.75) is 65.3 Å². The first-order chi connectivity index (χ1) is 9.99. The fourth-order valence-corrected chi connectivity index (χ4v) is 1.47. The smallest absolute Gasteiger partial charge is 0.246 e. The SMILES string of the molecule is CC(C)(C)NCCCOCC(F)CNC(=O)COC(C)(C)C. The molecule has 1 amide bonds. The van der Waals surface area contributed by atoms with E-state index in [9.17, 15) is 9.18 Å². The van der Waals surface area contributed by atoms with E-state index < -0.39 is 6.17 Å². The summed E-state index contributed by atoms with van der Waals surface area (Å²) >= 11 is 0. The molecular formula is C16H33FN2O3. The minimum atomic E-state index is -1.20. The van der Waals surface area contributed by atoms with Gasteiger partial charge in [0.1, 0.15) is 12.8 Å². The highest BCUT2D eigenvalue weighted by molar-refractivity contribution is 5.77. The van der Waals surface area contributed by atoms with Crippen LogP contribution >= 0.6 is 0 Å². The second kappa shape index (κ2) is 10.1. The van der Waals surface area contributed by atoms with Crippen molar-refractivity contribution in [3.05, 3.63) is 0 Å². The summed E-state index contributed by atoms with van der Waals surface area (Å²) in [6, 6.07) is 0. The molecule has 0 radical (unpaired) electrons. The van der Waals surface area contributed by atoms with E-state index in [1.165, 1.54) is 0 Å². The average molecular weight is 320 g/mol. The van der Waals surface area contributed by atoms with Gasteiger partial charge in [0, 0.05) is 12.1 Å². The predicted octanol–water partition coefficient (Wildman–Crippen LogP) is 2.05. The zero-order valence-electron chi connectivity index (χ0n) is 14.9. The summed E-state index contributed by atoms with van der Waals surface area (Å²) in [5.74, 6) is -0.313. The van der Waals surface area contributed by atoms with Crippen molar-refractivity contribution in [2.24, 2.45) is 0 Å². The molecule has 0 aromatic carbocycles. The van der Waals surface area contributed by atoms with Crippen LogP contribution in [0.15, 0.2) is 0 Å². The third-order valence-corrected chi connectivity index (χ3v) is 2.58. The molecule has 0 heterocycles. The molecule has 1 unspecified atom stereocenters. The normalized spacial score (nSPS) is 14.0. The summed E-state index contributed by atoms with van der Waals surface area (Å²) in [5, 5.41) is 5.83. The quantitative estimate of drug-likeness (QED) is 0.605. The molecule has 0 aliphatic rings. The van der Waals surface area contributed by atoms with Gasteiger partial charge in [0.2, 0.25) is 5.91 Å². The van der Waals surface area contributed by atoms with Gasteiger partial charge in [0.15, 0.2) is 0 Å². The molecule has 132 valence electrons. The Balaban J connectivity index is 3.54. The largest absolute Gasteiger partial charge is 0.378 e. The highest BCUT2D eigenvalue weighted by Crippen LogP contribution is 2.05. The van der Waals surface area contributed by atoms with E-state index >= 15 is 0 Å². The molecule has 22 heavy (non-hydrogen) atoms. The molecule has 5 nitrogen and oxygen atoms in total. The summed E-state index contributed by atoms with van der Waals surface area (Å²) in [6.45, 7) is 13.1. The second-order valence-corrected chi connectivity index (χ2v) is 7.41. The maximum absolute atomic E-state index is 13.5. The van der Waals surface area contributed by atoms with E-state index in [1.54, 1.807) is 0 Å². The summed E-state index contributed by atoms with van der Waals surface area (Å²) in [6.07, 6.45) is -0.371. The van der Waals surface area contributed by atoms with Crippen LogP contribution in [-0.4, -0.2) is 56.1 Å². The number of hydrogen-bond acceptors (Lipinski definition) is 4. The summed E-state index contributed by atoms with van der Waals surface area (Å²) in [5.41, 5.74) is -0.293. The first-order valence-corrected chi connectivity index (χ1v) is 7.87. The lowest BCUT2D eigenvalue weighted by Gasteiger charge is -2.20. The van der Waals surface area contributed by atoms with E-state index in [0.717, 1.165) is 13.0 Å². The highest BCUT2D eigenvalue weighted by atomic mass is 19.1. The number of ether oxygens (including phenoxy) is 2. The third kappa shape index (κ3) is 15.7. The van der Waals surface area contributed by atoms with Gasteiger partial charge in [0.25, 0.3) is 0 Å². The maximum atomic E-state index is 13.5. The van der Waals surface area contributed by atoms with Crippen molar-refractivity contribution in [2.75, 3.05) is 32.9 Å². The standard InChI is InChI=1S/C16H33FN2O3/c1-15(2,3)19-8-7-9-21-11-13(17)10-18-14(20)12-22-16(4,5)6/h13,19H,7-12H2,1-6H3,(H,18,20). The number of nitrogens with one attached hydrogen (secondary N) is 2. The molecule has 0 bridgehead atoms. The van der Waals surface area contributed by atoms with Gasteiger partial charge in [-0.05, 0) is 54.5 Å². The Hall–Kier alpha value is -0.720. The van der Waals surface area contributed by atoms with Gasteiger partial charge in [-0.15, -0.1) is 0 Å². The van der Waals surface area contributed by atoms with Crippen molar-refractivity contribution in [1.82, 2.24) is 10.6 Å². The van der Waals surface area contributed by atoms with Crippen molar-refractivity contribution in [3.63, 3.8) is 0 Å². The van der Waals surface area contributed by atoms with Crippen LogP contribution in [0.2, 0.25) is 0 Å². The number of carbonyl (C=O) groups is 1. The summed E-state index contributed by atoms with van der Waals surface area (Å²) < 4.78 is 24.1. The average Bonchev–Trinajstić information content (AvgIpc) is 2.36. The van der Waals surface area contributed by atoms with Gasteiger partial charge in [-0.3, -0.25) is 4.79 Å².